The minimum Gasteiger partial charge on any atom is -0.496 e. The molecule has 0 saturated heterocycles. The predicted octanol–water partition coefficient (Wildman–Crippen LogP) is 4.30. The normalized spacial score (nSPS) is 12.9. The van der Waals surface area contributed by atoms with Gasteiger partial charge < -0.3 is 14.2 Å². The topological polar surface area (TPSA) is 78.9 Å². The maximum atomic E-state index is 12.7. The van der Waals surface area contributed by atoms with E-state index in [1.807, 2.05) is 19.9 Å². The summed E-state index contributed by atoms with van der Waals surface area (Å²) >= 11 is 0. The zero-order chi connectivity index (χ0) is 22.5. The molecular formula is C23H30O6S. The summed E-state index contributed by atoms with van der Waals surface area (Å²) in [6.07, 6.45) is 0.387. The second-order valence-corrected chi connectivity index (χ2v) is 9.89. The van der Waals surface area contributed by atoms with E-state index in [9.17, 15) is 13.2 Å². The van der Waals surface area contributed by atoms with E-state index in [-0.39, 0.29) is 11.7 Å². The second kappa shape index (κ2) is 9.51. The van der Waals surface area contributed by atoms with Crippen molar-refractivity contribution in [3.05, 3.63) is 53.6 Å². The van der Waals surface area contributed by atoms with Crippen LogP contribution in [0.5, 0.6) is 11.5 Å². The van der Waals surface area contributed by atoms with E-state index in [2.05, 4.69) is 0 Å². The van der Waals surface area contributed by atoms with E-state index in [0.717, 1.165) is 11.1 Å². The van der Waals surface area contributed by atoms with Crippen LogP contribution in [0.3, 0.4) is 0 Å². The van der Waals surface area contributed by atoms with E-state index in [1.54, 1.807) is 57.4 Å². The lowest BCUT2D eigenvalue weighted by molar-refractivity contribution is -0.156. The van der Waals surface area contributed by atoms with Gasteiger partial charge in [-0.1, -0.05) is 25.1 Å². The summed E-state index contributed by atoms with van der Waals surface area (Å²) in [5.41, 5.74) is 0.430. The Morgan fingerprint density at radius 1 is 1.07 bits per heavy atom. The van der Waals surface area contributed by atoms with Crippen molar-refractivity contribution in [1.82, 2.24) is 0 Å². The molecule has 0 spiro atoms. The fraction of sp³-hybridized carbons (Fsp3) is 0.435. The van der Waals surface area contributed by atoms with E-state index in [4.69, 9.17) is 14.2 Å². The number of hydrogen-bond donors (Lipinski definition) is 0. The van der Waals surface area contributed by atoms with Crippen molar-refractivity contribution in [1.29, 1.82) is 0 Å². The number of ether oxygens (including phenoxy) is 3. The summed E-state index contributed by atoms with van der Waals surface area (Å²) in [7, 11) is -0.510. The van der Waals surface area contributed by atoms with Crippen LogP contribution in [-0.4, -0.2) is 40.0 Å². The molecule has 0 aromatic heterocycles. The van der Waals surface area contributed by atoms with Gasteiger partial charge in [0.2, 0.25) is 0 Å². The molecule has 0 bridgehead atoms. The Morgan fingerprint density at radius 2 is 1.70 bits per heavy atom. The predicted molar refractivity (Wildman–Crippen MR) is 116 cm³/mol. The summed E-state index contributed by atoms with van der Waals surface area (Å²) in [5, 5.41) is 0. The van der Waals surface area contributed by atoms with Gasteiger partial charge in [0.25, 0.3) is 0 Å². The molecule has 2 aromatic carbocycles. The van der Waals surface area contributed by atoms with Gasteiger partial charge in [0.1, 0.15) is 11.5 Å². The van der Waals surface area contributed by atoms with Crippen molar-refractivity contribution in [2.45, 2.75) is 50.5 Å². The summed E-state index contributed by atoms with van der Waals surface area (Å²) in [4.78, 5) is 12.4. The molecule has 1 unspecified atom stereocenters. The van der Waals surface area contributed by atoms with Crippen molar-refractivity contribution in [2.75, 3.05) is 20.0 Å². The molecule has 0 amide bonds. The number of carbonyl (C=O) groups is 1. The van der Waals surface area contributed by atoms with Crippen LogP contribution in [0.1, 0.15) is 44.2 Å². The maximum Gasteiger partial charge on any atom is 0.349 e. The number of aryl methyl sites for hydroxylation is 1. The molecule has 0 aliphatic rings. The van der Waals surface area contributed by atoms with Crippen molar-refractivity contribution in [3.63, 3.8) is 0 Å². The summed E-state index contributed by atoms with van der Waals surface area (Å²) < 4.78 is 41.6. The molecule has 7 heteroatoms. The van der Waals surface area contributed by atoms with Gasteiger partial charge in [0.05, 0.1) is 24.9 Å². The van der Waals surface area contributed by atoms with Gasteiger partial charge in [-0.25, -0.2) is 13.2 Å². The number of methoxy groups -OCH3 is 2. The first-order chi connectivity index (χ1) is 14.0. The van der Waals surface area contributed by atoms with Crippen molar-refractivity contribution in [3.8, 4) is 11.5 Å². The molecular weight excluding hydrogens is 404 g/mol. The van der Waals surface area contributed by atoms with Gasteiger partial charge in [-0.2, -0.15) is 0 Å². The smallest absolute Gasteiger partial charge is 0.349 e. The number of carbonyl (C=O) groups excluding carboxylic acids is 1. The molecule has 1 atom stereocenters. The zero-order valence-corrected chi connectivity index (χ0v) is 19.2. The van der Waals surface area contributed by atoms with Gasteiger partial charge in [-0.3, -0.25) is 0 Å². The van der Waals surface area contributed by atoms with Crippen molar-refractivity contribution >= 4 is 15.8 Å². The first kappa shape index (κ1) is 23.7. The van der Waals surface area contributed by atoms with Crippen molar-refractivity contribution in [2.24, 2.45) is 0 Å². The molecule has 6 nitrogen and oxygen atoms in total. The minimum absolute atomic E-state index is 0.00575. The minimum atomic E-state index is -3.40. The largest absolute Gasteiger partial charge is 0.496 e. The molecule has 30 heavy (non-hydrogen) atoms. The van der Waals surface area contributed by atoms with Gasteiger partial charge in [0.15, 0.2) is 15.4 Å². The zero-order valence-electron chi connectivity index (χ0n) is 18.4. The van der Waals surface area contributed by atoms with Gasteiger partial charge >= 0.3 is 5.97 Å². The molecule has 2 rings (SSSR count). The summed E-state index contributed by atoms with van der Waals surface area (Å²) in [6, 6.07) is 12.1. The lowest BCUT2D eigenvalue weighted by atomic mass is 9.95. The number of hydrogen-bond acceptors (Lipinski definition) is 6. The van der Waals surface area contributed by atoms with Crippen LogP contribution < -0.4 is 9.47 Å². The lowest BCUT2D eigenvalue weighted by Crippen LogP contribution is -2.39. The number of sulfone groups is 1. The third kappa shape index (κ3) is 5.53. The Morgan fingerprint density at radius 3 is 2.27 bits per heavy atom. The van der Waals surface area contributed by atoms with E-state index < -0.39 is 21.4 Å². The standard InChI is InChI=1S/C23H30O6S/c1-16(12-13-30(25,26)18-10-8-7-9-11-18)19-15-20(27-5)17(2)14-21(19)29-23(3,4)22(24)28-6/h7-11,14-16H,12-13H2,1-6H3. The van der Waals surface area contributed by atoms with Crippen LogP contribution in [0, 0.1) is 6.92 Å². The first-order valence-corrected chi connectivity index (χ1v) is 11.4. The monoisotopic (exact) mass is 434 g/mol. The average Bonchev–Trinajstić information content (AvgIpc) is 2.72. The molecule has 164 valence electrons. The van der Waals surface area contributed by atoms with Crippen LogP contribution in [0.15, 0.2) is 47.4 Å². The molecule has 2 aromatic rings. The van der Waals surface area contributed by atoms with Crippen LogP contribution in [0.25, 0.3) is 0 Å². The van der Waals surface area contributed by atoms with Gasteiger partial charge in [-0.15, -0.1) is 0 Å². The third-order valence-electron chi connectivity index (χ3n) is 5.02. The van der Waals surface area contributed by atoms with E-state index >= 15 is 0 Å². The Labute approximate surface area is 179 Å². The van der Waals surface area contributed by atoms with E-state index in [1.165, 1.54) is 7.11 Å². The molecule has 0 aliphatic carbocycles. The van der Waals surface area contributed by atoms with Gasteiger partial charge in [-0.05, 0) is 62.9 Å². The summed E-state index contributed by atoms with van der Waals surface area (Å²) in [5.74, 6) is 0.524. The van der Waals surface area contributed by atoms with Crippen LogP contribution in [0.2, 0.25) is 0 Å². The van der Waals surface area contributed by atoms with Gasteiger partial charge in [0, 0.05) is 5.56 Å². The second-order valence-electron chi connectivity index (χ2n) is 7.79. The molecule has 0 heterocycles. The highest BCUT2D eigenvalue weighted by atomic mass is 32.2. The molecule has 0 fully saturated rings. The number of benzene rings is 2. The third-order valence-corrected chi connectivity index (χ3v) is 6.79. The van der Waals surface area contributed by atoms with Crippen LogP contribution in [0.4, 0.5) is 0 Å². The highest BCUT2D eigenvalue weighted by Crippen LogP contribution is 2.37. The van der Waals surface area contributed by atoms with Crippen LogP contribution >= 0.6 is 0 Å². The average molecular weight is 435 g/mol. The van der Waals surface area contributed by atoms with Crippen LogP contribution in [-0.2, 0) is 19.4 Å². The molecule has 0 N–H and O–H groups in total. The Balaban J connectivity index is 2.33. The summed E-state index contributed by atoms with van der Waals surface area (Å²) in [6.45, 7) is 7.08. The highest BCUT2D eigenvalue weighted by molar-refractivity contribution is 7.91. The van der Waals surface area contributed by atoms with Crippen molar-refractivity contribution < 1.29 is 27.4 Å². The lowest BCUT2D eigenvalue weighted by Gasteiger charge is -2.27. The van der Waals surface area contributed by atoms with E-state index in [0.29, 0.717) is 22.8 Å². The Hall–Kier alpha value is -2.54. The molecule has 0 radical (unpaired) electrons. The quantitative estimate of drug-likeness (QED) is 0.548. The maximum absolute atomic E-state index is 12.7. The Kier molecular flexibility index (Phi) is 7.53. The Bertz CT molecular complexity index is 980. The fourth-order valence-electron chi connectivity index (χ4n) is 3.17. The highest BCUT2D eigenvalue weighted by Gasteiger charge is 2.33. The SMILES string of the molecule is COC(=O)C(C)(C)Oc1cc(C)c(OC)cc1C(C)CCS(=O)(=O)c1ccccc1. The molecule has 0 aliphatic heterocycles. The number of esters is 1. The fourth-order valence-corrected chi connectivity index (χ4v) is 4.64. The number of rotatable bonds is 9. The first-order valence-electron chi connectivity index (χ1n) is 9.75. The molecule has 0 saturated carbocycles.